The number of carbonyl (C=O) groups is 2. The first kappa shape index (κ1) is 15.8. The number of ketones is 2. The van der Waals surface area contributed by atoms with Crippen molar-refractivity contribution in [2.75, 3.05) is 6.61 Å². The van der Waals surface area contributed by atoms with Gasteiger partial charge in [0.1, 0.15) is 0 Å². The number of fused-ring (bicyclic) bond motifs is 4. The molecule has 0 spiro atoms. The molecule has 1 aromatic carbocycles. The lowest BCUT2D eigenvalue weighted by molar-refractivity contribution is -0.0179. The van der Waals surface area contributed by atoms with Gasteiger partial charge in [0, 0.05) is 17.7 Å². The van der Waals surface area contributed by atoms with Crippen molar-refractivity contribution in [2.24, 2.45) is 11.3 Å². The fourth-order valence-electron chi connectivity index (χ4n) is 5.58. The van der Waals surface area contributed by atoms with Gasteiger partial charge in [0.05, 0.1) is 0 Å². The van der Waals surface area contributed by atoms with Crippen LogP contribution in [0.5, 0.6) is 0 Å². The standard InChI is InChI=1S/C21H24O3/c1-20(12-22)8-3-9-21(2)16-11-15-14(17(23)5-6-18(15)24)10-13(16)4-7-19(20)21/h5-6,10-11,19,22H,3-4,7-9,12H2,1-2H3/t19-,20+,21+/m0/s1. The third-order valence-electron chi connectivity index (χ3n) is 6.89. The number of allylic oxidation sites excluding steroid dienone is 2. The van der Waals surface area contributed by atoms with E-state index in [9.17, 15) is 14.7 Å². The minimum Gasteiger partial charge on any atom is -0.396 e. The number of aryl methyl sites for hydroxylation is 1. The molecule has 0 aliphatic heterocycles. The van der Waals surface area contributed by atoms with Crippen LogP contribution in [0.1, 0.15) is 71.4 Å². The van der Waals surface area contributed by atoms with Crippen LogP contribution in [-0.4, -0.2) is 23.3 Å². The molecule has 3 nitrogen and oxygen atoms in total. The van der Waals surface area contributed by atoms with E-state index in [0.29, 0.717) is 17.0 Å². The monoisotopic (exact) mass is 324 g/mol. The van der Waals surface area contributed by atoms with Crippen molar-refractivity contribution in [3.05, 3.63) is 46.5 Å². The summed E-state index contributed by atoms with van der Waals surface area (Å²) in [6.45, 7) is 4.71. The van der Waals surface area contributed by atoms with Crippen molar-refractivity contribution in [1.29, 1.82) is 0 Å². The second-order valence-corrected chi connectivity index (χ2v) is 8.29. The average molecular weight is 324 g/mol. The Balaban J connectivity index is 1.89. The minimum atomic E-state index is -0.0705. The Kier molecular flexibility index (Phi) is 3.37. The van der Waals surface area contributed by atoms with Gasteiger partial charge in [0.25, 0.3) is 0 Å². The molecule has 0 amide bonds. The molecular formula is C21H24O3. The lowest BCUT2D eigenvalue weighted by Gasteiger charge is -2.55. The molecule has 3 atom stereocenters. The van der Waals surface area contributed by atoms with E-state index in [1.807, 2.05) is 12.1 Å². The number of carbonyl (C=O) groups excluding carboxylic acids is 2. The van der Waals surface area contributed by atoms with Crippen LogP contribution in [0, 0.1) is 11.3 Å². The van der Waals surface area contributed by atoms with E-state index in [1.54, 1.807) is 0 Å². The number of aliphatic hydroxyl groups excluding tert-OH is 1. The van der Waals surface area contributed by atoms with E-state index in [1.165, 1.54) is 23.3 Å². The van der Waals surface area contributed by atoms with Crippen LogP contribution in [0.4, 0.5) is 0 Å². The minimum absolute atomic E-state index is 0.0250. The Morgan fingerprint density at radius 2 is 1.75 bits per heavy atom. The van der Waals surface area contributed by atoms with Gasteiger partial charge in [-0.15, -0.1) is 0 Å². The lowest BCUT2D eigenvalue weighted by Crippen LogP contribution is -2.50. The van der Waals surface area contributed by atoms with Crippen molar-refractivity contribution in [2.45, 2.75) is 51.4 Å². The Hall–Kier alpha value is -1.74. The number of hydrogen-bond donors (Lipinski definition) is 1. The quantitative estimate of drug-likeness (QED) is 0.858. The fourth-order valence-corrected chi connectivity index (χ4v) is 5.58. The third kappa shape index (κ3) is 2.00. The van der Waals surface area contributed by atoms with Crippen LogP contribution < -0.4 is 0 Å². The van der Waals surface area contributed by atoms with Gasteiger partial charge in [-0.05, 0) is 77.8 Å². The maximum absolute atomic E-state index is 12.3. The second-order valence-electron chi connectivity index (χ2n) is 8.29. The van der Waals surface area contributed by atoms with Crippen LogP contribution >= 0.6 is 0 Å². The Labute approximate surface area is 142 Å². The van der Waals surface area contributed by atoms with E-state index in [-0.39, 0.29) is 29.0 Å². The summed E-state index contributed by atoms with van der Waals surface area (Å²) in [5, 5.41) is 10.0. The molecule has 1 aromatic rings. The molecule has 4 rings (SSSR count). The van der Waals surface area contributed by atoms with Gasteiger partial charge in [0.2, 0.25) is 0 Å². The predicted molar refractivity (Wildman–Crippen MR) is 92.4 cm³/mol. The van der Waals surface area contributed by atoms with Gasteiger partial charge < -0.3 is 5.11 Å². The summed E-state index contributed by atoms with van der Waals surface area (Å²) < 4.78 is 0. The highest BCUT2D eigenvalue weighted by Crippen LogP contribution is 2.57. The molecule has 0 bridgehead atoms. The first-order chi connectivity index (χ1) is 11.4. The molecule has 3 aliphatic carbocycles. The zero-order valence-corrected chi connectivity index (χ0v) is 14.4. The van der Waals surface area contributed by atoms with Crippen LogP contribution in [-0.2, 0) is 11.8 Å². The summed E-state index contributed by atoms with van der Waals surface area (Å²) in [5.41, 5.74) is 3.48. The second kappa shape index (κ2) is 5.13. The Bertz CT molecular complexity index is 776. The molecule has 1 fully saturated rings. The summed E-state index contributed by atoms with van der Waals surface area (Å²) in [5.74, 6) is 0.279. The Morgan fingerprint density at radius 1 is 1.08 bits per heavy atom. The van der Waals surface area contributed by atoms with Crippen LogP contribution in [0.25, 0.3) is 0 Å². The van der Waals surface area contributed by atoms with Gasteiger partial charge >= 0.3 is 0 Å². The molecule has 0 unspecified atom stereocenters. The van der Waals surface area contributed by atoms with E-state index in [0.717, 1.165) is 32.1 Å². The number of hydrogen-bond acceptors (Lipinski definition) is 3. The average Bonchev–Trinajstić information content (AvgIpc) is 2.57. The molecule has 1 saturated carbocycles. The molecule has 0 saturated heterocycles. The first-order valence-electron chi connectivity index (χ1n) is 8.94. The van der Waals surface area contributed by atoms with Crippen molar-refractivity contribution in [3.8, 4) is 0 Å². The molecule has 0 heterocycles. The van der Waals surface area contributed by atoms with Crippen molar-refractivity contribution in [3.63, 3.8) is 0 Å². The smallest absolute Gasteiger partial charge is 0.186 e. The SMILES string of the molecule is C[C@]1(CO)CCC[C@]2(C)c3cc4c(cc3CC[C@@H]12)C(=O)C=CC4=O. The molecule has 0 radical (unpaired) electrons. The topological polar surface area (TPSA) is 54.4 Å². The highest BCUT2D eigenvalue weighted by Gasteiger charge is 2.51. The van der Waals surface area contributed by atoms with E-state index in [2.05, 4.69) is 13.8 Å². The normalized spacial score (nSPS) is 34.5. The third-order valence-corrected chi connectivity index (χ3v) is 6.89. The zero-order valence-electron chi connectivity index (χ0n) is 14.4. The summed E-state index contributed by atoms with van der Waals surface area (Å²) in [4.78, 5) is 24.4. The highest BCUT2D eigenvalue weighted by atomic mass is 16.3. The predicted octanol–water partition coefficient (Wildman–Crippen LogP) is 3.62. The molecule has 24 heavy (non-hydrogen) atoms. The molecule has 1 N–H and O–H groups in total. The van der Waals surface area contributed by atoms with Crippen LogP contribution in [0.3, 0.4) is 0 Å². The maximum Gasteiger partial charge on any atom is 0.186 e. The maximum atomic E-state index is 12.3. The van der Waals surface area contributed by atoms with Gasteiger partial charge in [-0.25, -0.2) is 0 Å². The lowest BCUT2D eigenvalue weighted by atomic mass is 9.50. The summed E-state index contributed by atoms with van der Waals surface area (Å²) in [7, 11) is 0. The summed E-state index contributed by atoms with van der Waals surface area (Å²) in [6.07, 6.45) is 7.96. The van der Waals surface area contributed by atoms with Gasteiger partial charge in [-0.3, -0.25) is 9.59 Å². The van der Waals surface area contributed by atoms with Crippen molar-refractivity contribution < 1.29 is 14.7 Å². The fraction of sp³-hybridized carbons (Fsp3) is 0.524. The van der Waals surface area contributed by atoms with Gasteiger partial charge in [-0.2, -0.15) is 0 Å². The molecule has 0 aromatic heterocycles. The summed E-state index contributed by atoms with van der Waals surface area (Å²) >= 11 is 0. The number of rotatable bonds is 1. The number of aliphatic hydroxyl groups is 1. The van der Waals surface area contributed by atoms with E-state index < -0.39 is 0 Å². The molecule has 3 aliphatic rings. The molecule has 3 heteroatoms. The summed E-state index contributed by atoms with van der Waals surface area (Å²) in [6, 6.07) is 3.95. The highest BCUT2D eigenvalue weighted by molar-refractivity contribution is 6.22. The van der Waals surface area contributed by atoms with Crippen molar-refractivity contribution >= 4 is 11.6 Å². The largest absolute Gasteiger partial charge is 0.396 e. The first-order valence-corrected chi connectivity index (χ1v) is 8.94. The van der Waals surface area contributed by atoms with Gasteiger partial charge in [0.15, 0.2) is 11.6 Å². The van der Waals surface area contributed by atoms with Gasteiger partial charge in [-0.1, -0.05) is 20.3 Å². The number of benzene rings is 1. The van der Waals surface area contributed by atoms with Crippen LogP contribution in [0.15, 0.2) is 24.3 Å². The molecular weight excluding hydrogens is 300 g/mol. The van der Waals surface area contributed by atoms with Crippen LogP contribution in [0.2, 0.25) is 0 Å². The Morgan fingerprint density at radius 3 is 2.42 bits per heavy atom. The van der Waals surface area contributed by atoms with E-state index in [4.69, 9.17) is 0 Å². The molecule has 126 valence electrons. The zero-order chi connectivity index (χ0) is 17.1. The van der Waals surface area contributed by atoms with E-state index >= 15 is 0 Å². The van der Waals surface area contributed by atoms with Crippen molar-refractivity contribution in [1.82, 2.24) is 0 Å².